The van der Waals surface area contributed by atoms with Gasteiger partial charge in [-0.3, -0.25) is 4.79 Å². The Morgan fingerprint density at radius 3 is 2.60 bits per heavy atom. The smallest absolute Gasteiger partial charge is 0.407 e. The molecule has 0 spiro atoms. The summed E-state index contributed by atoms with van der Waals surface area (Å²) in [6, 6.07) is 5.00. The van der Waals surface area contributed by atoms with E-state index < -0.39 is 28.9 Å². The second-order valence-electron chi connectivity index (χ2n) is 10.7. The van der Waals surface area contributed by atoms with Crippen LogP contribution >= 0.6 is 22.6 Å². The second-order valence-corrected chi connectivity index (χ2v) is 11.8. The Hall–Kier alpha value is -3.62. The molecule has 1 N–H and O–H groups in total. The molecule has 3 aromatic rings. The number of anilines is 1. The zero-order valence-electron chi connectivity index (χ0n) is 24.4. The number of fused-ring (bicyclic) bond motifs is 1. The number of ether oxygens (including phenoxy) is 4. The van der Waals surface area contributed by atoms with Crippen molar-refractivity contribution in [1.82, 2.24) is 14.9 Å². The number of alkyl carbamates (subject to hydrolysis) is 1. The van der Waals surface area contributed by atoms with Gasteiger partial charge in [-0.2, -0.15) is 0 Å². The number of hydrogen-bond donors (Lipinski definition) is 1. The lowest BCUT2D eigenvalue weighted by atomic mass is 10.1. The van der Waals surface area contributed by atoms with E-state index >= 15 is 4.39 Å². The molecule has 1 saturated heterocycles. The monoisotopic (exact) mass is 696 g/mol. The highest BCUT2D eigenvalue weighted by molar-refractivity contribution is 14.1. The molecule has 226 valence electrons. The third-order valence-corrected chi connectivity index (χ3v) is 7.62. The minimum atomic E-state index is -0.810. The topological polar surface area (TPSA) is 121 Å². The number of hydrogen-bond acceptors (Lipinski definition) is 9. The molecule has 1 fully saturated rings. The van der Waals surface area contributed by atoms with Crippen molar-refractivity contribution in [2.24, 2.45) is 0 Å². The third kappa shape index (κ3) is 6.71. The highest BCUT2D eigenvalue weighted by atomic mass is 127. The van der Waals surface area contributed by atoms with E-state index in [0.29, 0.717) is 36.6 Å². The maximum Gasteiger partial charge on any atom is 0.407 e. The summed E-state index contributed by atoms with van der Waals surface area (Å²) in [5.74, 6) is -0.345. The predicted octanol–water partition coefficient (Wildman–Crippen LogP) is 4.49. The maximum atomic E-state index is 15.9. The minimum Gasteiger partial charge on any atom is -0.497 e. The van der Waals surface area contributed by atoms with Gasteiger partial charge in [-0.1, -0.05) is 0 Å². The Morgan fingerprint density at radius 2 is 1.95 bits per heavy atom. The number of carbonyl (C=O) groups excluding carboxylic acids is 2. The van der Waals surface area contributed by atoms with Crippen molar-refractivity contribution in [1.29, 1.82) is 0 Å². The van der Waals surface area contributed by atoms with Crippen LogP contribution < -0.4 is 25.1 Å². The fourth-order valence-electron chi connectivity index (χ4n) is 4.73. The first-order valence-electron chi connectivity index (χ1n) is 13.4. The van der Waals surface area contributed by atoms with Crippen LogP contribution in [0.25, 0.3) is 11.0 Å². The number of nitrogens with zero attached hydrogens (tertiary/aromatic N) is 3. The van der Waals surface area contributed by atoms with Crippen molar-refractivity contribution in [3.63, 3.8) is 0 Å². The van der Waals surface area contributed by atoms with Crippen LogP contribution in [0.15, 0.2) is 29.2 Å². The largest absolute Gasteiger partial charge is 0.497 e. The van der Waals surface area contributed by atoms with Gasteiger partial charge in [-0.15, -0.1) is 0 Å². The number of nitrogens with one attached hydrogen (secondary N) is 1. The summed E-state index contributed by atoms with van der Waals surface area (Å²) >= 11 is 1.77. The molecule has 1 aliphatic heterocycles. The molecule has 0 radical (unpaired) electrons. The first-order valence-corrected chi connectivity index (χ1v) is 14.5. The van der Waals surface area contributed by atoms with Gasteiger partial charge >= 0.3 is 12.1 Å². The van der Waals surface area contributed by atoms with E-state index in [1.165, 1.54) is 13.3 Å². The molecule has 3 heterocycles. The van der Waals surface area contributed by atoms with Gasteiger partial charge in [-0.05, 0) is 68.8 Å². The Morgan fingerprint density at radius 1 is 1.21 bits per heavy atom. The lowest BCUT2D eigenvalue weighted by Gasteiger charge is -2.23. The van der Waals surface area contributed by atoms with E-state index in [1.54, 1.807) is 85.1 Å². The number of halogens is 2. The van der Waals surface area contributed by atoms with Crippen molar-refractivity contribution < 1.29 is 32.9 Å². The van der Waals surface area contributed by atoms with Crippen molar-refractivity contribution in [3.8, 4) is 11.5 Å². The van der Waals surface area contributed by atoms with Crippen LogP contribution in [-0.4, -0.2) is 67.2 Å². The van der Waals surface area contributed by atoms with Gasteiger partial charge in [-0.25, -0.2) is 19.0 Å². The number of amides is 1. The lowest BCUT2D eigenvalue weighted by molar-refractivity contribution is 0.0503. The summed E-state index contributed by atoms with van der Waals surface area (Å²) in [4.78, 5) is 44.9. The summed E-state index contributed by atoms with van der Waals surface area (Å²) in [5, 5.41) is 2.80. The molecule has 13 heteroatoms. The van der Waals surface area contributed by atoms with E-state index in [4.69, 9.17) is 18.9 Å². The molecule has 1 aromatic carbocycles. The summed E-state index contributed by atoms with van der Waals surface area (Å²) < 4.78 is 38.9. The molecular formula is C29H34FIN4O7. The Bertz CT molecular complexity index is 1570. The van der Waals surface area contributed by atoms with Crippen molar-refractivity contribution >= 4 is 51.5 Å². The number of methoxy groups -OCH3 is 2. The van der Waals surface area contributed by atoms with E-state index in [9.17, 15) is 14.4 Å². The van der Waals surface area contributed by atoms with Gasteiger partial charge in [0.25, 0.3) is 0 Å². The fourth-order valence-corrected chi connectivity index (χ4v) is 5.45. The average Bonchev–Trinajstić information content (AvgIpc) is 3.38. The lowest BCUT2D eigenvalue weighted by Crippen LogP contribution is -2.40. The van der Waals surface area contributed by atoms with Crippen molar-refractivity contribution in [3.05, 3.63) is 55.1 Å². The van der Waals surface area contributed by atoms with Crippen LogP contribution in [0.4, 0.5) is 15.0 Å². The van der Waals surface area contributed by atoms with Crippen LogP contribution in [0.3, 0.4) is 0 Å². The normalized spacial score (nSPS) is 15.0. The van der Waals surface area contributed by atoms with Gasteiger partial charge in [0.05, 0.1) is 42.4 Å². The predicted molar refractivity (Wildman–Crippen MR) is 163 cm³/mol. The summed E-state index contributed by atoms with van der Waals surface area (Å²) in [7, 11) is 3.07. The van der Waals surface area contributed by atoms with Crippen LogP contribution in [-0.2, 0) is 16.0 Å². The second kappa shape index (κ2) is 12.7. The first kappa shape index (κ1) is 31.3. The molecule has 0 saturated carbocycles. The fraction of sp³-hybridized carbons (Fsp3) is 0.448. The van der Waals surface area contributed by atoms with Gasteiger partial charge < -0.3 is 33.7 Å². The first-order chi connectivity index (χ1) is 19.9. The Balaban J connectivity index is 1.80. The van der Waals surface area contributed by atoms with Gasteiger partial charge in [0.15, 0.2) is 11.6 Å². The van der Waals surface area contributed by atoms with Gasteiger partial charge in [0.1, 0.15) is 28.3 Å². The van der Waals surface area contributed by atoms with Gasteiger partial charge in [0.2, 0.25) is 5.43 Å². The molecule has 0 aliphatic carbocycles. The number of carbonyl (C=O) groups is 2. The van der Waals surface area contributed by atoms with Crippen LogP contribution in [0.1, 0.15) is 50.0 Å². The van der Waals surface area contributed by atoms with E-state index in [0.717, 1.165) is 0 Å². The maximum absolute atomic E-state index is 15.9. The van der Waals surface area contributed by atoms with Crippen LogP contribution in [0.2, 0.25) is 0 Å². The quantitative estimate of drug-likeness (QED) is 0.269. The molecule has 1 aliphatic rings. The van der Waals surface area contributed by atoms with Crippen LogP contribution in [0.5, 0.6) is 11.5 Å². The van der Waals surface area contributed by atoms with E-state index in [2.05, 4.69) is 10.3 Å². The molecule has 1 amide bonds. The van der Waals surface area contributed by atoms with Crippen molar-refractivity contribution in [2.75, 3.05) is 38.8 Å². The number of pyridine rings is 2. The van der Waals surface area contributed by atoms with Gasteiger partial charge in [0, 0.05) is 30.9 Å². The molecule has 0 bridgehead atoms. The average molecular weight is 697 g/mol. The summed E-state index contributed by atoms with van der Waals surface area (Å²) in [6.07, 6.45) is 1.38. The number of esters is 1. The SMILES string of the molecule is CCOC(=O)c1cn(Cc2ccc(OC)cc2OC)c2nc(N3CCC(NC(=O)OC(C)(C)C)C3)c(F)c(I)c2c1=O. The number of benzene rings is 1. The molecule has 1 atom stereocenters. The molecule has 11 nitrogen and oxygen atoms in total. The van der Waals surface area contributed by atoms with E-state index in [1.807, 2.05) is 0 Å². The standard InChI is InChI=1S/C29H34FIN4O7/c1-7-41-27(37)19-15-35(13-16-8-9-18(39-5)12-20(16)40-6)25-21(24(19)36)23(31)22(30)26(33-25)34-11-10-17(14-34)32-28(38)42-29(2,3)4/h8-9,12,15,17H,7,10-11,13-14H2,1-6H3,(H,32,38). The number of rotatable bonds is 8. The Kier molecular flexibility index (Phi) is 9.48. The number of aromatic nitrogens is 2. The Labute approximate surface area is 256 Å². The highest BCUT2D eigenvalue weighted by Crippen LogP contribution is 2.31. The molecule has 4 rings (SSSR count). The highest BCUT2D eigenvalue weighted by Gasteiger charge is 2.31. The van der Waals surface area contributed by atoms with E-state index in [-0.39, 0.29) is 45.2 Å². The molecule has 42 heavy (non-hydrogen) atoms. The molecular weight excluding hydrogens is 662 g/mol. The molecule has 2 aromatic heterocycles. The van der Waals surface area contributed by atoms with Crippen LogP contribution in [0, 0.1) is 9.39 Å². The zero-order valence-corrected chi connectivity index (χ0v) is 26.5. The summed E-state index contributed by atoms with van der Waals surface area (Å²) in [6.45, 7) is 7.89. The van der Waals surface area contributed by atoms with Crippen molar-refractivity contribution in [2.45, 2.75) is 52.3 Å². The zero-order chi connectivity index (χ0) is 30.8. The molecule has 1 unspecified atom stereocenters. The third-order valence-electron chi connectivity index (χ3n) is 6.61. The minimum absolute atomic E-state index is 0.0301. The summed E-state index contributed by atoms with van der Waals surface area (Å²) in [5.41, 5.74) is -0.650.